The van der Waals surface area contributed by atoms with E-state index < -0.39 is 6.09 Å². The van der Waals surface area contributed by atoms with Crippen LogP contribution in [0, 0.1) is 0 Å². The van der Waals surface area contributed by atoms with Crippen molar-refractivity contribution in [3.8, 4) is 0 Å². The molecule has 1 aromatic rings. The number of benzene rings is 1. The summed E-state index contributed by atoms with van der Waals surface area (Å²) in [5.41, 5.74) is 7.54. The van der Waals surface area contributed by atoms with Gasteiger partial charge in [0.15, 0.2) is 0 Å². The minimum atomic E-state index is -0.892. The molecule has 0 radical (unpaired) electrons. The number of nitrogens with two attached hydrogens (primary N) is 1. The topological polar surface area (TPSA) is 75.8 Å². The van der Waals surface area contributed by atoms with E-state index in [1.54, 1.807) is 0 Å². The Morgan fingerprint density at radius 2 is 1.92 bits per heavy atom. The lowest BCUT2D eigenvalue weighted by atomic mass is 9.83. The van der Waals surface area contributed by atoms with Gasteiger partial charge in [-0.1, -0.05) is 30.3 Å². The molecule has 5 heteroatoms. The molecule has 3 N–H and O–H groups in total. The van der Waals surface area contributed by atoms with Crippen molar-refractivity contribution in [2.75, 3.05) is 6.61 Å². The number of nitrogens with zero attached hydrogens (tertiary/aromatic N) is 1. The van der Waals surface area contributed by atoms with Gasteiger partial charge in [-0.15, -0.1) is 0 Å². The Morgan fingerprint density at radius 1 is 1.25 bits per heavy atom. The second-order valence-electron chi connectivity index (χ2n) is 7.22. The van der Waals surface area contributed by atoms with Gasteiger partial charge in [-0.05, 0) is 50.5 Å². The quantitative estimate of drug-likeness (QED) is 0.888. The maximum absolute atomic E-state index is 11.4. The third kappa shape index (κ3) is 3.73. The number of hydrogen-bond acceptors (Lipinski definition) is 3. The van der Waals surface area contributed by atoms with Crippen molar-refractivity contribution in [3.63, 3.8) is 0 Å². The molecule has 0 aromatic heterocycles. The van der Waals surface area contributed by atoms with E-state index in [1.165, 1.54) is 10.5 Å². The van der Waals surface area contributed by atoms with Gasteiger partial charge in [-0.2, -0.15) is 0 Å². The van der Waals surface area contributed by atoms with E-state index in [0.29, 0.717) is 18.9 Å². The smallest absolute Gasteiger partial charge is 0.407 e. The van der Waals surface area contributed by atoms with E-state index in [2.05, 4.69) is 30.3 Å². The Morgan fingerprint density at radius 3 is 2.54 bits per heavy atom. The van der Waals surface area contributed by atoms with Crippen molar-refractivity contribution < 1.29 is 14.6 Å². The van der Waals surface area contributed by atoms with Crippen LogP contribution in [0.5, 0.6) is 0 Å². The molecule has 24 heavy (non-hydrogen) atoms. The molecule has 132 valence electrons. The summed E-state index contributed by atoms with van der Waals surface area (Å²) < 4.78 is 6.07. The van der Waals surface area contributed by atoms with Crippen molar-refractivity contribution in [3.05, 3.63) is 35.9 Å². The van der Waals surface area contributed by atoms with Gasteiger partial charge in [0, 0.05) is 12.1 Å². The standard InChI is InChI=1S/C19H28N2O3/c1-13-11-17(20)18(21(13)19(22)23)12-24-16-9-7-15(8-10-16)14-5-3-2-4-6-14/h2-6,13,15-18H,7-12,20H2,1H3,(H,22,23)/t13-,15?,16?,17+,18+/m1/s1. The minimum Gasteiger partial charge on any atom is -0.465 e. The molecule has 3 atom stereocenters. The molecule has 2 fully saturated rings. The number of rotatable bonds is 4. The summed E-state index contributed by atoms with van der Waals surface area (Å²) >= 11 is 0. The Balaban J connectivity index is 1.49. The van der Waals surface area contributed by atoms with Crippen LogP contribution in [0.4, 0.5) is 4.79 Å². The molecule has 1 amide bonds. The number of carboxylic acid groups (broad SMARTS) is 1. The Bertz CT molecular complexity index is 543. The van der Waals surface area contributed by atoms with E-state index in [9.17, 15) is 9.90 Å². The van der Waals surface area contributed by atoms with Crippen molar-refractivity contribution in [1.29, 1.82) is 0 Å². The molecular formula is C19H28N2O3. The van der Waals surface area contributed by atoms with Crippen molar-refractivity contribution >= 4 is 6.09 Å². The normalized spacial score (nSPS) is 33.6. The van der Waals surface area contributed by atoms with Gasteiger partial charge in [0.1, 0.15) is 0 Å². The highest BCUT2D eigenvalue weighted by Crippen LogP contribution is 2.34. The van der Waals surface area contributed by atoms with Crippen LogP contribution in [0.15, 0.2) is 30.3 Å². The lowest BCUT2D eigenvalue weighted by Crippen LogP contribution is -2.47. The van der Waals surface area contributed by atoms with E-state index in [-0.39, 0.29) is 24.2 Å². The summed E-state index contributed by atoms with van der Waals surface area (Å²) in [6.45, 7) is 2.33. The molecule has 1 aliphatic carbocycles. The summed E-state index contributed by atoms with van der Waals surface area (Å²) in [4.78, 5) is 12.9. The first-order valence-corrected chi connectivity index (χ1v) is 8.99. The molecule has 0 unspecified atom stereocenters. The second kappa shape index (κ2) is 7.53. The fourth-order valence-electron chi connectivity index (χ4n) is 4.25. The maximum Gasteiger partial charge on any atom is 0.407 e. The third-order valence-electron chi connectivity index (χ3n) is 5.61. The van der Waals surface area contributed by atoms with Gasteiger partial charge in [-0.25, -0.2) is 4.79 Å². The molecule has 0 spiro atoms. The monoisotopic (exact) mass is 332 g/mol. The first-order valence-electron chi connectivity index (χ1n) is 8.99. The molecule has 1 aromatic carbocycles. The predicted octanol–water partition coefficient (Wildman–Crippen LogP) is 3.20. The van der Waals surface area contributed by atoms with Crippen LogP contribution in [-0.4, -0.2) is 46.9 Å². The predicted molar refractivity (Wildman–Crippen MR) is 93.1 cm³/mol. The number of ether oxygens (including phenoxy) is 1. The van der Waals surface area contributed by atoms with Crippen LogP contribution in [0.3, 0.4) is 0 Å². The lowest BCUT2D eigenvalue weighted by molar-refractivity contribution is -0.00632. The molecule has 1 saturated carbocycles. The summed E-state index contributed by atoms with van der Waals surface area (Å²) in [6, 6.07) is 10.3. The first-order chi connectivity index (χ1) is 11.6. The highest BCUT2D eigenvalue weighted by atomic mass is 16.5. The summed E-state index contributed by atoms with van der Waals surface area (Å²) in [6.07, 6.45) is 4.37. The first kappa shape index (κ1) is 17.2. The largest absolute Gasteiger partial charge is 0.465 e. The van der Waals surface area contributed by atoms with Crippen LogP contribution >= 0.6 is 0 Å². The number of amides is 1. The average molecular weight is 332 g/mol. The van der Waals surface area contributed by atoms with E-state index in [1.807, 2.05) is 6.92 Å². The van der Waals surface area contributed by atoms with Gasteiger partial charge in [-0.3, -0.25) is 4.90 Å². The summed E-state index contributed by atoms with van der Waals surface area (Å²) in [5.74, 6) is 0.621. The lowest BCUT2D eigenvalue weighted by Gasteiger charge is -2.32. The number of likely N-dealkylation sites (tertiary alicyclic amines) is 1. The Hall–Kier alpha value is -1.59. The van der Waals surface area contributed by atoms with Crippen LogP contribution in [0.2, 0.25) is 0 Å². The molecule has 2 aliphatic rings. The average Bonchev–Trinajstić information content (AvgIpc) is 2.88. The Kier molecular flexibility index (Phi) is 5.41. The summed E-state index contributed by atoms with van der Waals surface area (Å²) in [5, 5.41) is 9.38. The molecule has 5 nitrogen and oxygen atoms in total. The van der Waals surface area contributed by atoms with E-state index >= 15 is 0 Å². The molecule has 1 aliphatic heterocycles. The van der Waals surface area contributed by atoms with Crippen molar-refractivity contribution in [2.45, 2.75) is 69.2 Å². The van der Waals surface area contributed by atoms with E-state index in [0.717, 1.165) is 25.7 Å². The SMILES string of the molecule is C[C@@H]1C[C@H](N)[C@H](COC2CCC(c3ccccc3)CC2)N1C(=O)O. The van der Waals surface area contributed by atoms with Gasteiger partial charge in [0.25, 0.3) is 0 Å². The van der Waals surface area contributed by atoms with Crippen LogP contribution < -0.4 is 5.73 Å². The van der Waals surface area contributed by atoms with E-state index in [4.69, 9.17) is 10.5 Å². The maximum atomic E-state index is 11.4. The van der Waals surface area contributed by atoms with Gasteiger partial charge in [0.2, 0.25) is 0 Å². The molecule has 0 bridgehead atoms. The Labute approximate surface area is 143 Å². The van der Waals surface area contributed by atoms with Gasteiger partial charge in [0.05, 0.1) is 18.8 Å². The molecule has 3 rings (SSSR count). The molecule has 1 heterocycles. The second-order valence-corrected chi connectivity index (χ2v) is 7.22. The van der Waals surface area contributed by atoms with Crippen molar-refractivity contribution in [1.82, 2.24) is 4.90 Å². The third-order valence-corrected chi connectivity index (χ3v) is 5.61. The zero-order chi connectivity index (χ0) is 17.1. The zero-order valence-electron chi connectivity index (χ0n) is 14.3. The van der Waals surface area contributed by atoms with Crippen molar-refractivity contribution in [2.24, 2.45) is 5.73 Å². The molecular weight excluding hydrogens is 304 g/mol. The van der Waals surface area contributed by atoms with Crippen LogP contribution in [0.25, 0.3) is 0 Å². The highest BCUT2D eigenvalue weighted by Gasteiger charge is 2.40. The summed E-state index contributed by atoms with van der Waals surface area (Å²) in [7, 11) is 0. The van der Waals surface area contributed by atoms with Crippen LogP contribution in [0.1, 0.15) is 50.5 Å². The van der Waals surface area contributed by atoms with Gasteiger partial charge >= 0.3 is 6.09 Å². The fraction of sp³-hybridized carbons (Fsp3) is 0.632. The van der Waals surface area contributed by atoms with Gasteiger partial charge < -0.3 is 15.6 Å². The molecule has 1 saturated heterocycles. The zero-order valence-corrected chi connectivity index (χ0v) is 14.3. The fourth-order valence-corrected chi connectivity index (χ4v) is 4.25. The number of hydrogen-bond donors (Lipinski definition) is 2. The number of carbonyl (C=O) groups is 1. The highest BCUT2D eigenvalue weighted by molar-refractivity contribution is 5.66. The minimum absolute atomic E-state index is 0.0279. The van der Waals surface area contributed by atoms with Crippen LogP contribution in [-0.2, 0) is 4.74 Å².